The summed E-state index contributed by atoms with van der Waals surface area (Å²) in [6, 6.07) is 20.4. The van der Waals surface area contributed by atoms with Gasteiger partial charge >= 0.3 is 0 Å². The lowest BCUT2D eigenvalue weighted by Crippen LogP contribution is -2.37. The van der Waals surface area contributed by atoms with Crippen molar-refractivity contribution in [2.75, 3.05) is 19.7 Å². The molecule has 3 aromatic rings. The first-order chi connectivity index (χ1) is 11.9. The van der Waals surface area contributed by atoms with Crippen LogP contribution in [0.1, 0.15) is 17.6 Å². The summed E-state index contributed by atoms with van der Waals surface area (Å²) in [7, 11) is 0. The van der Waals surface area contributed by atoms with Crippen LogP contribution in [0.15, 0.2) is 71.3 Å². The van der Waals surface area contributed by atoms with Crippen molar-refractivity contribution in [2.24, 2.45) is 0 Å². The van der Waals surface area contributed by atoms with E-state index in [0.717, 1.165) is 36.9 Å². The highest BCUT2D eigenvalue weighted by Gasteiger charge is 2.23. The van der Waals surface area contributed by atoms with E-state index in [1.54, 1.807) is 6.20 Å². The second-order valence-electron chi connectivity index (χ2n) is 5.99. The molecule has 24 heavy (non-hydrogen) atoms. The molecule has 0 aliphatic carbocycles. The smallest absolute Gasteiger partial charge is 0.209 e. The average Bonchev–Trinajstić information content (AvgIpc) is 3.12. The van der Waals surface area contributed by atoms with Crippen LogP contribution in [0.25, 0.3) is 11.3 Å². The summed E-state index contributed by atoms with van der Waals surface area (Å²) in [6.07, 6.45) is 1.92. The van der Waals surface area contributed by atoms with Crippen LogP contribution in [-0.2, 0) is 11.3 Å². The summed E-state index contributed by atoms with van der Waals surface area (Å²) in [4.78, 5) is 6.77. The summed E-state index contributed by atoms with van der Waals surface area (Å²) < 4.78 is 11.8. The molecule has 0 bridgehead atoms. The molecule has 0 saturated carbocycles. The number of hydrogen-bond acceptors (Lipinski definition) is 4. The highest BCUT2D eigenvalue weighted by molar-refractivity contribution is 5.55. The largest absolute Gasteiger partial charge is 0.439 e. The number of ether oxygens (including phenoxy) is 1. The van der Waals surface area contributed by atoms with Crippen molar-refractivity contribution >= 4 is 0 Å². The van der Waals surface area contributed by atoms with Crippen LogP contribution in [0.3, 0.4) is 0 Å². The minimum Gasteiger partial charge on any atom is -0.439 e. The molecule has 1 aliphatic heterocycles. The molecule has 4 rings (SSSR count). The second kappa shape index (κ2) is 6.99. The maximum absolute atomic E-state index is 5.92. The van der Waals surface area contributed by atoms with Gasteiger partial charge in [0.25, 0.3) is 0 Å². The van der Waals surface area contributed by atoms with Crippen LogP contribution in [0.5, 0.6) is 0 Å². The Morgan fingerprint density at radius 1 is 1.00 bits per heavy atom. The third-order valence-electron chi connectivity index (χ3n) is 4.29. The lowest BCUT2D eigenvalue weighted by atomic mass is 10.1. The number of morpholine rings is 1. The van der Waals surface area contributed by atoms with Crippen LogP contribution in [0, 0.1) is 0 Å². The van der Waals surface area contributed by atoms with Gasteiger partial charge in [0, 0.05) is 18.7 Å². The van der Waals surface area contributed by atoms with Crippen molar-refractivity contribution in [1.29, 1.82) is 0 Å². The topological polar surface area (TPSA) is 38.5 Å². The SMILES string of the molecule is c1ccc(-c2cnc(CN3CCOC(c4ccccc4)C3)o2)cc1. The Kier molecular flexibility index (Phi) is 4.40. The van der Waals surface area contributed by atoms with Gasteiger partial charge in [-0.15, -0.1) is 0 Å². The third kappa shape index (κ3) is 3.40. The van der Waals surface area contributed by atoms with Gasteiger partial charge in [-0.1, -0.05) is 60.7 Å². The van der Waals surface area contributed by atoms with Gasteiger partial charge < -0.3 is 9.15 Å². The molecule has 0 N–H and O–H groups in total. The summed E-state index contributed by atoms with van der Waals surface area (Å²) in [6.45, 7) is 3.19. The van der Waals surface area contributed by atoms with Crippen molar-refractivity contribution in [2.45, 2.75) is 12.6 Å². The van der Waals surface area contributed by atoms with Gasteiger partial charge in [-0.2, -0.15) is 0 Å². The summed E-state index contributed by atoms with van der Waals surface area (Å²) in [5, 5.41) is 0. The van der Waals surface area contributed by atoms with E-state index < -0.39 is 0 Å². The highest BCUT2D eigenvalue weighted by atomic mass is 16.5. The molecule has 2 aromatic carbocycles. The molecule has 0 spiro atoms. The normalized spacial score (nSPS) is 18.6. The van der Waals surface area contributed by atoms with Crippen LogP contribution in [-0.4, -0.2) is 29.6 Å². The first-order valence-corrected chi connectivity index (χ1v) is 8.27. The quantitative estimate of drug-likeness (QED) is 0.730. The number of nitrogens with zero attached hydrogens (tertiary/aromatic N) is 2. The molecule has 1 atom stereocenters. The predicted octanol–water partition coefficient (Wildman–Crippen LogP) is 3.92. The fraction of sp³-hybridized carbons (Fsp3) is 0.250. The monoisotopic (exact) mass is 320 g/mol. The minimum absolute atomic E-state index is 0.114. The maximum Gasteiger partial charge on any atom is 0.209 e. The van der Waals surface area contributed by atoms with Gasteiger partial charge in [0.1, 0.15) is 0 Å². The zero-order valence-electron chi connectivity index (χ0n) is 13.5. The fourth-order valence-electron chi connectivity index (χ4n) is 3.03. The Morgan fingerprint density at radius 3 is 2.54 bits per heavy atom. The van der Waals surface area contributed by atoms with Gasteiger partial charge in [0.15, 0.2) is 5.76 Å². The Labute approximate surface area is 141 Å². The molecule has 122 valence electrons. The number of oxazole rings is 1. The number of benzene rings is 2. The van der Waals surface area contributed by atoms with Gasteiger partial charge in [-0.05, 0) is 5.56 Å². The Balaban J connectivity index is 1.43. The standard InChI is InChI=1S/C20H20N2O2/c1-3-7-16(8-4-1)18-13-21-20(24-18)15-22-11-12-23-19(14-22)17-9-5-2-6-10-17/h1-10,13,19H,11-12,14-15H2. The number of rotatable bonds is 4. The molecule has 4 heteroatoms. The van der Waals surface area contributed by atoms with Crippen LogP contribution in [0.2, 0.25) is 0 Å². The van der Waals surface area contributed by atoms with E-state index in [4.69, 9.17) is 9.15 Å². The summed E-state index contributed by atoms with van der Waals surface area (Å²) in [5.41, 5.74) is 2.28. The van der Waals surface area contributed by atoms with Crippen molar-refractivity contribution in [3.63, 3.8) is 0 Å². The van der Waals surface area contributed by atoms with Gasteiger partial charge in [-0.25, -0.2) is 4.98 Å². The van der Waals surface area contributed by atoms with E-state index in [9.17, 15) is 0 Å². The predicted molar refractivity (Wildman–Crippen MR) is 92.4 cm³/mol. The maximum atomic E-state index is 5.92. The van der Waals surface area contributed by atoms with E-state index in [-0.39, 0.29) is 6.10 Å². The summed E-state index contributed by atoms with van der Waals surface area (Å²) >= 11 is 0. The molecule has 4 nitrogen and oxygen atoms in total. The zero-order chi connectivity index (χ0) is 16.2. The van der Waals surface area contributed by atoms with E-state index in [1.807, 2.05) is 36.4 Å². The molecule has 2 heterocycles. The Morgan fingerprint density at radius 2 is 1.75 bits per heavy atom. The summed E-state index contributed by atoms with van der Waals surface area (Å²) in [5.74, 6) is 1.57. The molecule has 1 aromatic heterocycles. The van der Waals surface area contributed by atoms with Crippen LogP contribution >= 0.6 is 0 Å². The fourth-order valence-corrected chi connectivity index (χ4v) is 3.03. The van der Waals surface area contributed by atoms with E-state index in [0.29, 0.717) is 6.54 Å². The van der Waals surface area contributed by atoms with Crippen molar-refractivity contribution < 1.29 is 9.15 Å². The number of hydrogen-bond donors (Lipinski definition) is 0. The molecule has 1 aliphatic rings. The lowest BCUT2D eigenvalue weighted by molar-refractivity contribution is -0.0351. The molecule has 1 fully saturated rings. The van der Waals surface area contributed by atoms with Gasteiger partial charge in [-0.3, -0.25) is 4.90 Å². The average molecular weight is 320 g/mol. The van der Waals surface area contributed by atoms with E-state index in [2.05, 4.69) is 34.1 Å². The molecule has 1 unspecified atom stereocenters. The van der Waals surface area contributed by atoms with E-state index >= 15 is 0 Å². The number of aromatic nitrogens is 1. The second-order valence-corrected chi connectivity index (χ2v) is 5.99. The zero-order valence-corrected chi connectivity index (χ0v) is 13.5. The highest BCUT2D eigenvalue weighted by Crippen LogP contribution is 2.24. The molecule has 0 radical (unpaired) electrons. The Hall–Kier alpha value is -2.43. The third-order valence-corrected chi connectivity index (χ3v) is 4.29. The van der Waals surface area contributed by atoms with Crippen LogP contribution < -0.4 is 0 Å². The molecule has 0 amide bonds. The lowest BCUT2D eigenvalue weighted by Gasteiger charge is -2.32. The van der Waals surface area contributed by atoms with Crippen molar-refractivity contribution in [1.82, 2.24) is 9.88 Å². The van der Waals surface area contributed by atoms with Gasteiger partial charge in [0.2, 0.25) is 5.89 Å². The molecular weight excluding hydrogens is 300 g/mol. The van der Waals surface area contributed by atoms with Crippen molar-refractivity contribution in [3.05, 3.63) is 78.3 Å². The van der Waals surface area contributed by atoms with Gasteiger partial charge in [0.05, 0.1) is 25.5 Å². The Bertz CT molecular complexity index is 771. The molecule has 1 saturated heterocycles. The van der Waals surface area contributed by atoms with E-state index in [1.165, 1.54) is 5.56 Å². The molecular formula is C20H20N2O2. The van der Waals surface area contributed by atoms with Crippen molar-refractivity contribution in [3.8, 4) is 11.3 Å². The first kappa shape index (κ1) is 15.1. The first-order valence-electron chi connectivity index (χ1n) is 8.27. The minimum atomic E-state index is 0.114. The van der Waals surface area contributed by atoms with Crippen LogP contribution in [0.4, 0.5) is 0 Å².